The van der Waals surface area contributed by atoms with E-state index >= 15 is 0 Å². The molecule has 7 N–H and O–H groups in total. The van der Waals surface area contributed by atoms with Gasteiger partial charge in [0.15, 0.2) is 0 Å². The first kappa shape index (κ1) is 28.9. The number of carboxylic acids is 2. The van der Waals surface area contributed by atoms with Crippen molar-refractivity contribution in [3.05, 3.63) is 57.5 Å². The van der Waals surface area contributed by atoms with Gasteiger partial charge in [-0.15, -0.1) is 0 Å². The maximum atomic E-state index is 12.3. The monoisotopic (exact) mass is 475 g/mol. The minimum Gasteiger partial charge on any atom is -1.00 e. The van der Waals surface area contributed by atoms with Crippen molar-refractivity contribution < 1.29 is 86.6 Å². The molecular formula is C20H23N5Na2O6. The van der Waals surface area contributed by atoms with Crippen LogP contribution in [0.1, 0.15) is 37.2 Å². The number of hydrogen-bond donors (Lipinski definition) is 6. The fourth-order valence-electron chi connectivity index (χ4n) is 3.19. The van der Waals surface area contributed by atoms with Gasteiger partial charge in [0, 0.05) is 18.2 Å². The molecule has 0 bridgehead atoms. The second-order valence-electron chi connectivity index (χ2n) is 6.98. The van der Waals surface area contributed by atoms with Gasteiger partial charge in [0.2, 0.25) is 5.95 Å². The van der Waals surface area contributed by atoms with Crippen LogP contribution in [0.2, 0.25) is 0 Å². The smallest absolute Gasteiger partial charge is 1.00 e. The van der Waals surface area contributed by atoms with Crippen molar-refractivity contribution in [2.75, 3.05) is 5.73 Å². The summed E-state index contributed by atoms with van der Waals surface area (Å²) in [5.41, 5.74) is 7.59. The Balaban J connectivity index is 0. The number of carbonyl (C=O) groups excluding carboxylic acids is 1. The van der Waals surface area contributed by atoms with Crippen LogP contribution in [0.15, 0.2) is 35.3 Å². The van der Waals surface area contributed by atoms with E-state index in [1.165, 1.54) is 0 Å². The molecule has 13 heteroatoms. The first-order valence-electron chi connectivity index (χ1n) is 9.44. The SMILES string of the molecule is Nc1nc2[nH]cc(CCc3ccc(C(=O)NC(CCC(=O)O)C(=O)O)cc3)c2c(=O)[nH]1.[H-].[H-].[Na+].[Na+]. The molecule has 0 radical (unpaired) electrons. The van der Waals surface area contributed by atoms with E-state index in [1.54, 1.807) is 30.5 Å². The zero-order chi connectivity index (χ0) is 22.5. The molecule has 33 heavy (non-hydrogen) atoms. The van der Waals surface area contributed by atoms with Crippen LogP contribution in [0.5, 0.6) is 0 Å². The third kappa shape index (κ3) is 7.70. The van der Waals surface area contributed by atoms with Crippen molar-refractivity contribution in [2.24, 2.45) is 0 Å². The predicted molar refractivity (Wildman–Crippen MR) is 113 cm³/mol. The third-order valence-corrected chi connectivity index (χ3v) is 4.79. The van der Waals surface area contributed by atoms with Gasteiger partial charge in [0.1, 0.15) is 11.7 Å². The molecule has 2 aromatic heterocycles. The fourth-order valence-corrected chi connectivity index (χ4v) is 3.19. The summed E-state index contributed by atoms with van der Waals surface area (Å²) in [4.78, 5) is 55.7. The topological polar surface area (TPSA) is 191 Å². The molecule has 1 aromatic carbocycles. The second kappa shape index (κ2) is 12.9. The van der Waals surface area contributed by atoms with Gasteiger partial charge in [-0.3, -0.25) is 19.4 Å². The largest absolute Gasteiger partial charge is 1.00 e. The zero-order valence-corrected chi connectivity index (χ0v) is 22.3. The maximum absolute atomic E-state index is 12.3. The summed E-state index contributed by atoms with van der Waals surface area (Å²) in [6.45, 7) is 0. The zero-order valence-electron chi connectivity index (χ0n) is 20.3. The number of fused-ring (bicyclic) bond motifs is 1. The molecule has 0 saturated heterocycles. The van der Waals surface area contributed by atoms with Crippen molar-refractivity contribution >= 4 is 34.8 Å². The summed E-state index contributed by atoms with van der Waals surface area (Å²) in [5, 5.41) is 20.6. The number of benzene rings is 1. The Morgan fingerprint density at radius 3 is 2.39 bits per heavy atom. The third-order valence-electron chi connectivity index (χ3n) is 4.79. The van der Waals surface area contributed by atoms with Gasteiger partial charge in [-0.1, -0.05) is 12.1 Å². The fraction of sp³-hybridized carbons (Fsp3) is 0.250. The van der Waals surface area contributed by atoms with E-state index in [0.29, 0.717) is 23.9 Å². The summed E-state index contributed by atoms with van der Waals surface area (Å²) in [7, 11) is 0. The molecule has 0 aliphatic rings. The minimum atomic E-state index is -1.30. The summed E-state index contributed by atoms with van der Waals surface area (Å²) in [5.74, 6) is -3.00. The van der Waals surface area contributed by atoms with E-state index in [-0.39, 0.29) is 91.9 Å². The number of aliphatic carboxylic acids is 2. The molecule has 0 aliphatic heterocycles. The molecule has 0 saturated carbocycles. The first-order valence-corrected chi connectivity index (χ1v) is 9.44. The Labute approximate surface area is 235 Å². The minimum absolute atomic E-state index is 0. The van der Waals surface area contributed by atoms with Gasteiger partial charge in [0.05, 0.1) is 5.39 Å². The molecule has 0 fully saturated rings. The van der Waals surface area contributed by atoms with Crippen LogP contribution in [0, 0.1) is 0 Å². The molecule has 2 heterocycles. The average molecular weight is 475 g/mol. The van der Waals surface area contributed by atoms with Crippen molar-refractivity contribution in [2.45, 2.75) is 31.7 Å². The molecule has 166 valence electrons. The van der Waals surface area contributed by atoms with Crippen LogP contribution in [-0.2, 0) is 22.4 Å². The van der Waals surface area contributed by atoms with Gasteiger partial charge in [0.25, 0.3) is 11.5 Å². The van der Waals surface area contributed by atoms with E-state index in [0.717, 1.165) is 11.1 Å². The number of aromatic nitrogens is 3. The van der Waals surface area contributed by atoms with Gasteiger partial charge in [-0.2, -0.15) is 4.98 Å². The van der Waals surface area contributed by atoms with E-state index in [4.69, 9.17) is 15.9 Å². The Kier molecular flexibility index (Phi) is 11.3. The van der Waals surface area contributed by atoms with Crippen LogP contribution in [0.25, 0.3) is 11.0 Å². The normalized spacial score (nSPS) is 11.2. The summed E-state index contributed by atoms with van der Waals surface area (Å²) in [6, 6.07) is 5.30. The molecule has 0 aliphatic carbocycles. The van der Waals surface area contributed by atoms with Crippen LogP contribution in [-0.4, -0.2) is 49.1 Å². The number of hydrogen-bond acceptors (Lipinski definition) is 6. The van der Waals surface area contributed by atoms with Crippen LogP contribution < -0.4 is 75.7 Å². The number of anilines is 1. The maximum Gasteiger partial charge on any atom is 1.00 e. The molecule has 1 unspecified atom stereocenters. The molecule has 11 nitrogen and oxygen atoms in total. The van der Waals surface area contributed by atoms with Gasteiger partial charge in [-0.25, -0.2) is 4.79 Å². The van der Waals surface area contributed by atoms with Gasteiger partial charge >= 0.3 is 71.1 Å². The van der Waals surface area contributed by atoms with Crippen molar-refractivity contribution in [3.8, 4) is 0 Å². The van der Waals surface area contributed by atoms with Crippen LogP contribution in [0.3, 0.4) is 0 Å². The molecule has 0 spiro atoms. The number of rotatable bonds is 9. The summed E-state index contributed by atoms with van der Waals surface area (Å²) in [6.07, 6.45) is 2.27. The summed E-state index contributed by atoms with van der Waals surface area (Å²) >= 11 is 0. The Hall–Kier alpha value is -2.15. The van der Waals surface area contributed by atoms with Crippen LogP contribution >= 0.6 is 0 Å². The van der Waals surface area contributed by atoms with Crippen LogP contribution in [0.4, 0.5) is 5.95 Å². The van der Waals surface area contributed by atoms with E-state index in [1.807, 2.05) is 0 Å². The van der Waals surface area contributed by atoms with Crippen molar-refractivity contribution in [3.63, 3.8) is 0 Å². The second-order valence-corrected chi connectivity index (χ2v) is 6.98. The van der Waals surface area contributed by atoms with E-state index in [9.17, 15) is 19.2 Å². The van der Waals surface area contributed by atoms with Gasteiger partial charge < -0.3 is 29.1 Å². The number of carboxylic acid groups (broad SMARTS) is 2. The standard InChI is InChI=1S/C20H21N5O6.2Na.2H/c21-20-24-16-15(18(29)25-20)12(9-22-16)6-3-10-1-4-11(5-2-10)17(28)23-13(19(30)31)7-8-14(26)27;;;;/h1-2,4-5,9,13H,3,6-8H2,(H,23,28)(H,26,27)(H,30,31)(H4,21,22,24,25,29);;;;/q;2*+1;2*-1. The molecule has 1 atom stereocenters. The quantitative estimate of drug-likeness (QED) is 0.166. The van der Waals surface area contributed by atoms with Crippen molar-refractivity contribution in [1.29, 1.82) is 0 Å². The number of amides is 1. The van der Waals surface area contributed by atoms with E-state index in [2.05, 4.69) is 20.3 Å². The number of nitrogens with one attached hydrogen (secondary N) is 3. The van der Waals surface area contributed by atoms with Crippen molar-refractivity contribution in [1.82, 2.24) is 20.3 Å². The number of H-pyrrole nitrogens is 2. The molecule has 3 aromatic rings. The van der Waals surface area contributed by atoms with E-state index < -0.39 is 23.9 Å². The molecule has 3 rings (SSSR count). The number of carbonyl (C=O) groups is 3. The Morgan fingerprint density at radius 2 is 1.79 bits per heavy atom. The number of aromatic amines is 2. The number of nitrogen functional groups attached to an aromatic ring is 1. The first-order chi connectivity index (χ1) is 14.7. The average Bonchev–Trinajstić information content (AvgIpc) is 3.12. The number of nitrogens with zero attached hydrogens (tertiary/aromatic N) is 1. The Bertz CT molecular complexity index is 1200. The Morgan fingerprint density at radius 1 is 1.12 bits per heavy atom. The number of nitrogens with two attached hydrogens (primary N) is 1. The predicted octanol–water partition coefficient (Wildman–Crippen LogP) is -5.10. The molecule has 1 amide bonds. The summed E-state index contributed by atoms with van der Waals surface area (Å²) < 4.78 is 0. The van der Waals surface area contributed by atoms with Gasteiger partial charge in [-0.05, 0) is 42.5 Å². The molecular weight excluding hydrogens is 452 g/mol. The number of aryl methyl sites for hydroxylation is 2.